The maximum atomic E-state index is 12.5. The highest BCUT2D eigenvalue weighted by Crippen LogP contribution is 2.34. The minimum absolute atomic E-state index is 0.312. The lowest BCUT2D eigenvalue weighted by atomic mass is 9.82. The Morgan fingerprint density at radius 2 is 2.00 bits per heavy atom. The van der Waals surface area contributed by atoms with Gasteiger partial charge in [-0.3, -0.25) is 14.5 Å². The number of nitrogens with zero attached hydrogens (tertiary/aromatic N) is 1. The van der Waals surface area contributed by atoms with Crippen LogP contribution in [0.1, 0.15) is 12.8 Å². The van der Waals surface area contributed by atoms with Crippen LogP contribution in [0, 0.1) is 11.8 Å². The number of hydrogen-bond acceptors (Lipinski definition) is 5. The molecule has 2 atom stereocenters. The van der Waals surface area contributed by atoms with Crippen molar-refractivity contribution in [2.45, 2.75) is 12.8 Å². The van der Waals surface area contributed by atoms with Gasteiger partial charge in [-0.1, -0.05) is 12.2 Å². The molecule has 8 heteroatoms. The van der Waals surface area contributed by atoms with Crippen molar-refractivity contribution in [1.82, 2.24) is 0 Å². The molecule has 1 fully saturated rings. The normalized spacial score (nSPS) is 22.0. The van der Waals surface area contributed by atoms with Gasteiger partial charge in [-0.05, 0) is 25.0 Å². The second-order valence-corrected chi connectivity index (χ2v) is 6.14. The van der Waals surface area contributed by atoms with Crippen LogP contribution in [0.3, 0.4) is 0 Å². The smallest absolute Gasteiger partial charge is 0.414 e. The topological polar surface area (TPSA) is 105 Å². The largest absolute Gasteiger partial charge is 0.494 e. The van der Waals surface area contributed by atoms with Crippen molar-refractivity contribution < 1.29 is 29.0 Å². The molecule has 1 saturated heterocycles. The zero-order valence-corrected chi connectivity index (χ0v) is 14.3. The zero-order valence-electron chi connectivity index (χ0n) is 14.3. The van der Waals surface area contributed by atoms with E-state index in [1.807, 2.05) is 6.08 Å². The summed E-state index contributed by atoms with van der Waals surface area (Å²) in [5.74, 6) is -2.27. The standard InChI is InChI=1S/C18H20N2O6/c1-25-15-10-11(6-7-14(15)20-8-9-26-18(20)24)19-16(21)12-4-2-3-5-13(12)17(22)23/h2-3,6-7,10,12-13H,4-5,8-9H2,1H3,(H,19,21)(H,22,23)/t12-,13-/m0/s1. The van der Waals surface area contributed by atoms with E-state index in [2.05, 4.69) is 5.32 Å². The van der Waals surface area contributed by atoms with E-state index >= 15 is 0 Å². The molecule has 0 bridgehead atoms. The minimum Gasteiger partial charge on any atom is -0.494 e. The Morgan fingerprint density at radius 3 is 2.62 bits per heavy atom. The zero-order chi connectivity index (χ0) is 18.7. The molecule has 3 rings (SSSR count). The van der Waals surface area contributed by atoms with Gasteiger partial charge in [-0.2, -0.15) is 0 Å². The molecule has 0 aromatic heterocycles. The summed E-state index contributed by atoms with van der Waals surface area (Å²) in [6.07, 6.45) is 3.89. The van der Waals surface area contributed by atoms with Crippen molar-refractivity contribution in [3.05, 3.63) is 30.4 Å². The monoisotopic (exact) mass is 360 g/mol. The first-order valence-corrected chi connectivity index (χ1v) is 8.32. The van der Waals surface area contributed by atoms with Crippen LogP contribution in [-0.4, -0.2) is 43.3 Å². The number of benzene rings is 1. The summed E-state index contributed by atoms with van der Waals surface area (Å²) in [5.41, 5.74) is 1.03. The Bertz CT molecular complexity index is 760. The third kappa shape index (κ3) is 3.49. The van der Waals surface area contributed by atoms with E-state index in [9.17, 15) is 19.5 Å². The molecule has 0 saturated carbocycles. The molecular formula is C18H20N2O6. The van der Waals surface area contributed by atoms with Gasteiger partial charge in [0.25, 0.3) is 0 Å². The minimum atomic E-state index is -0.977. The number of anilines is 2. The number of carbonyl (C=O) groups is 3. The number of allylic oxidation sites excluding steroid dienone is 2. The molecule has 8 nitrogen and oxygen atoms in total. The summed E-state index contributed by atoms with van der Waals surface area (Å²) >= 11 is 0. The number of methoxy groups -OCH3 is 1. The van der Waals surface area contributed by atoms with Gasteiger partial charge in [0.05, 0.1) is 31.2 Å². The van der Waals surface area contributed by atoms with Crippen molar-refractivity contribution in [3.8, 4) is 5.75 Å². The Morgan fingerprint density at radius 1 is 1.27 bits per heavy atom. The fraction of sp³-hybridized carbons (Fsp3) is 0.389. The number of nitrogens with one attached hydrogen (secondary N) is 1. The van der Waals surface area contributed by atoms with Gasteiger partial charge >= 0.3 is 12.1 Å². The van der Waals surface area contributed by atoms with Crippen LogP contribution in [0.15, 0.2) is 30.4 Å². The highest BCUT2D eigenvalue weighted by atomic mass is 16.6. The number of carboxylic acid groups (broad SMARTS) is 1. The van der Waals surface area contributed by atoms with Gasteiger partial charge in [0.15, 0.2) is 0 Å². The Kier molecular flexibility index (Phi) is 5.11. The molecular weight excluding hydrogens is 340 g/mol. The maximum absolute atomic E-state index is 12.5. The average Bonchev–Trinajstić information content (AvgIpc) is 3.07. The molecule has 2 N–H and O–H groups in total. The van der Waals surface area contributed by atoms with Crippen molar-refractivity contribution in [3.63, 3.8) is 0 Å². The molecule has 1 aliphatic heterocycles. The Labute approximate surface area is 150 Å². The molecule has 2 amide bonds. The van der Waals surface area contributed by atoms with Crippen molar-refractivity contribution in [2.24, 2.45) is 11.8 Å². The molecule has 1 aromatic rings. The predicted molar refractivity (Wildman–Crippen MR) is 93.3 cm³/mol. The molecule has 1 aliphatic carbocycles. The summed E-state index contributed by atoms with van der Waals surface area (Å²) < 4.78 is 10.3. The number of rotatable bonds is 5. The van der Waals surface area contributed by atoms with Crippen LogP contribution in [0.2, 0.25) is 0 Å². The van der Waals surface area contributed by atoms with E-state index in [4.69, 9.17) is 9.47 Å². The molecule has 138 valence electrons. The summed E-state index contributed by atoms with van der Waals surface area (Å²) in [6, 6.07) is 4.92. The Balaban J connectivity index is 1.77. The van der Waals surface area contributed by atoms with Gasteiger partial charge < -0.3 is 19.9 Å². The molecule has 1 aromatic carbocycles. The van der Waals surface area contributed by atoms with E-state index in [0.717, 1.165) is 0 Å². The van der Waals surface area contributed by atoms with Crippen molar-refractivity contribution >= 4 is 29.3 Å². The van der Waals surface area contributed by atoms with E-state index in [0.29, 0.717) is 43.1 Å². The van der Waals surface area contributed by atoms with Crippen LogP contribution in [0.25, 0.3) is 0 Å². The van der Waals surface area contributed by atoms with Crippen molar-refractivity contribution in [2.75, 3.05) is 30.5 Å². The summed E-state index contributed by atoms with van der Waals surface area (Å²) in [5, 5.41) is 12.1. The maximum Gasteiger partial charge on any atom is 0.414 e. The van der Waals surface area contributed by atoms with E-state index in [1.54, 1.807) is 24.3 Å². The second-order valence-electron chi connectivity index (χ2n) is 6.14. The van der Waals surface area contributed by atoms with Gasteiger partial charge in [-0.15, -0.1) is 0 Å². The lowest BCUT2D eigenvalue weighted by molar-refractivity contribution is -0.146. The summed E-state index contributed by atoms with van der Waals surface area (Å²) in [6.45, 7) is 0.738. The lowest BCUT2D eigenvalue weighted by Crippen LogP contribution is -2.34. The first-order chi connectivity index (χ1) is 12.5. The number of carboxylic acids is 1. The van der Waals surface area contributed by atoms with Crippen LogP contribution in [-0.2, 0) is 14.3 Å². The number of amides is 2. The van der Waals surface area contributed by atoms with Crippen LogP contribution in [0.5, 0.6) is 5.75 Å². The van der Waals surface area contributed by atoms with Gasteiger partial charge in [0.2, 0.25) is 5.91 Å². The molecule has 1 heterocycles. The number of aliphatic carboxylic acids is 1. The molecule has 0 spiro atoms. The lowest BCUT2D eigenvalue weighted by Gasteiger charge is -2.24. The highest BCUT2D eigenvalue weighted by Gasteiger charge is 2.34. The first kappa shape index (κ1) is 17.8. The second kappa shape index (κ2) is 7.47. The third-order valence-electron chi connectivity index (χ3n) is 4.59. The summed E-state index contributed by atoms with van der Waals surface area (Å²) in [4.78, 5) is 37.1. The molecule has 2 aliphatic rings. The van der Waals surface area contributed by atoms with E-state index in [-0.39, 0.29) is 5.91 Å². The quantitative estimate of drug-likeness (QED) is 0.781. The fourth-order valence-corrected chi connectivity index (χ4v) is 3.20. The number of hydrogen-bond donors (Lipinski definition) is 2. The molecule has 0 unspecified atom stereocenters. The van der Waals surface area contributed by atoms with E-state index < -0.39 is 23.9 Å². The highest BCUT2D eigenvalue weighted by molar-refractivity contribution is 5.97. The predicted octanol–water partition coefficient (Wildman–Crippen LogP) is 2.26. The van der Waals surface area contributed by atoms with Gasteiger partial charge in [0.1, 0.15) is 12.4 Å². The molecule has 0 radical (unpaired) electrons. The van der Waals surface area contributed by atoms with Crippen LogP contribution in [0.4, 0.5) is 16.2 Å². The average molecular weight is 360 g/mol. The number of ether oxygens (including phenoxy) is 2. The SMILES string of the molecule is COc1cc(NC(=O)[C@H]2CC=CC[C@@H]2C(=O)O)ccc1N1CCOC1=O. The van der Waals surface area contributed by atoms with Gasteiger partial charge in [0, 0.05) is 11.8 Å². The van der Waals surface area contributed by atoms with Crippen molar-refractivity contribution in [1.29, 1.82) is 0 Å². The third-order valence-corrected chi connectivity index (χ3v) is 4.59. The van der Waals surface area contributed by atoms with E-state index in [1.165, 1.54) is 12.0 Å². The Hall–Kier alpha value is -3.03. The molecule has 26 heavy (non-hydrogen) atoms. The summed E-state index contributed by atoms with van der Waals surface area (Å²) in [7, 11) is 1.47. The van der Waals surface area contributed by atoms with Gasteiger partial charge in [-0.25, -0.2) is 4.79 Å². The van der Waals surface area contributed by atoms with Crippen LogP contribution < -0.4 is 15.0 Å². The number of cyclic esters (lactones) is 1. The van der Waals surface area contributed by atoms with Crippen LogP contribution >= 0.6 is 0 Å². The number of carbonyl (C=O) groups excluding carboxylic acids is 2. The fourth-order valence-electron chi connectivity index (χ4n) is 3.20. The first-order valence-electron chi connectivity index (χ1n) is 8.32.